The highest BCUT2D eigenvalue weighted by atomic mass is 32.2. The fraction of sp³-hybridized carbons (Fsp3) is 0.412. The minimum atomic E-state index is -0.0195. The Bertz CT molecular complexity index is 628. The van der Waals surface area contributed by atoms with Crippen LogP contribution in [0.1, 0.15) is 31.7 Å². The summed E-state index contributed by atoms with van der Waals surface area (Å²) in [6, 6.07) is 5.52. The molecule has 2 rings (SSSR count). The van der Waals surface area contributed by atoms with Crippen LogP contribution in [0.5, 0.6) is 11.5 Å². The molecular weight excluding hydrogens is 330 g/mol. The van der Waals surface area contributed by atoms with Gasteiger partial charge in [-0.1, -0.05) is 43.7 Å². The summed E-state index contributed by atoms with van der Waals surface area (Å²) in [4.78, 5) is 14.8. The minimum absolute atomic E-state index is 0.0195. The molecule has 0 unspecified atom stereocenters. The molecule has 0 radical (unpaired) electrons. The number of thiocarbonyl (C=S) groups is 1. The Kier molecular flexibility index (Phi) is 6.47. The van der Waals surface area contributed by atoms with E-state index in [1.807, 2.05) is 18.2 Å². The lowest BCUT2D eigenvalue weighted by Crippen LogP contribution is -2.28. The Hall–Kier alpha value is -1.53. The summed E-state index contributed by atoms with van der Waals surface area (Å²) in [6.07, 6.45) is 5.02. The molecule has 1 aliphatic heterocycles. The number of methoxy groups -OCH3 is 2. The smallest absolute Gasteiger partial charge is 0.266 e. The minimum Gasteiger partial charge on any atom is -0.497 e. The first-order valence-corrected chi connectivity index (χ1v) is 8.80. The summed E-state index contributed by atoms with van der Waals surface area (Å²) in [5.41, 5.74) is 0.836. The van der Waals surface area contributed by atoms with Gasteiger partial charge in [-0.25, -0.2) is 0 Å². The van der Waals surface area contributed by atoms with Crippen LogP contribution in [0.2, 0.25) is 0 Å². The fourth-order valence-electron chi connectivity index (χ4n) is 2.29. The first-order chi connectivity index (χ1) is 11.1. The predicted molar refractivity (Wildman–Crippen MR) is 99.0 cm³/mol. The maximum atomic E-state index is 12.5. The maximum Gasteiger partial charge on any atom is 0.266 e. The molecule has 4 nitrogen and oxygen atoms in total. The number of amides is 1. The van der Waals surface area contributed by atoms with Gasteiger partial charge >= 0.3 is 0 Å². The third-order valence-electron chi connectivity index (χ3n) is 3.59. The van der Waals surface area contributed by atoms with Crippen LogP contribution in [-0.2, 0) is 4.79 Å². The van der Waals surface area contributed by atoms with E-state index < -0.39 is 0 Å². The van der Waals surface area contributed by atoms with Crippen LogP contribution < -0.4 is 9.47 Å². The molecule has 1 saturated heterocycles. The van der Waals surface area contributed by atoms with E-state index in [-0.39, 0.29) is 5.91 Å². The highest BCUT2D eigenvalue weighted by molar-refractivity contribution is 8.26. The molecule has 23 heavy (non-hydrogen) atoms. The van der Waals surface area contributed by atoms with Crippen molar-refractivity contribution in [2.24, 2.45) is 0 Å². The molecule has 1 aliphatic rings. The number of carbonyl (C=O) groups is 1. The van der Waals surface area contributed by atoms with Gasteiger partial charge in [0.1, 0.15) is 15.8 Å². The van der Waals surface area contributed by atoms with Gasteiger partial charge in [-0.15, -0.1) is 0 Å². The lowest BCUT2D eigenvalue weighted by atomic mass is 10.1. The molecule has 1 aromatic rings. The predicted octanol–water partition coefficient (Wildman–Crippen LogP) is 4.10. The highest BCUT2D eigenvalue weighted by Crippen LogP contribution is 2.35. The van der Waals surface area contributed by atoms with Crippen LogP contribution in [0, 0.1) is 0 Å². The second-order valence-corrected chi connectivity index (χ2v) is 6.82. The summed E-state index contributed by atoms with van der Waals surface area (Å²) < 4.78 is 11.2. The SMILES string of the molecule is CCCCCN1C(=O)/C(=C/c2ccc(OC)cc2OC)SC1=S. The van der Waals surface area contributed by atoms with Gasteiger partial charge in [-0.2, -0.15) is 0 Å². The molecule has 1 fully saturated rings. The number of benzene rings is 1. The van der Waals surface area contributed by atoms with E-state index >= 15 is 0 Å². The molecule has 0 bridgehead atoms. The van der Waals surface area contributed by atoms with E-state index in [2.05, 4.69) is 6.92 Å². The zero-order valence-corrected chi connectivity index (χ0v) is 15.3. The zero-order valence-electron chi connectivity index (χ0n) is 13.6. The summed E-state index contributed by atoms with van der Waals surface area (Å²) in [5.74, 6) is 1.36. The van der Waals surface area contributed by atoms with Gasteiger partial charge < -0.3 is 9.47 Å². The highest BCUT2D eigenvalue weighted by Gasteiger charge is 2.31. The monoisotopic (exact) mass is 351 g/mol. The second kappa shape index (κ2) is 8.36. The molecule has 6 heteroatoms. The van der Waals surface area contributed by atoms with Crippen LogP contribution in [0.15, 0.2) is 23.1 Å². The molecule has 0 spiro atoms. The number of rotatable bonds is 7. The average molecular weight is 351 g/mol. The summed E-state index contributed by atoms with van der Waals surface area (Å²) in [6.45, 7) is 2.83. The van der Waals surface area contributed by atoms with E-state index in [1.165, 1.54) is 11.8 Å². The van der Waals surface area contributed by atoms with E-state index in [0.717, 1.165) is 24.8 Å². The number of ether oxygens (including phenoxy) is 2. The van der Waals surface area contributed by atoms with Gasteiger partial charge in [0.15, 0.2) is 0 Å². The second-order valence-electron chi connectivity index (χ2n) is 5.15. The number of thioether (sulfide) groups is 1. The molecule has 1 amide bonds. The van der Waals surface area contributed by atoms with Crippen molar-refractivity contribution in [1.29, 1.82) is 0 Å². The summed E-state index contributed by atoms with van der Waals surface area (Å²) in [7, 11) is 3.21. The number of nitrogens with zero attached hydrogens (tertiary/aromatic N) is 1. The van der Waals surface area contributed by atoms with Crippen LogP contribution in [-0.4, -0.2) is 35.9 Å². The molecular formula is C17H21NO3S2. The molecule has 0 saturated carbocycles. The van der Waals surface area contributed by atoms with E-state index in [9.17, 15) is 4.79 Å². The molecule has 124 valence electrons. The molecule has 1 aromatic carbocycles. The lowest BCUT2D eigenvalue weighted by Gasteiger charge is -2.13. The van der Waals surface area contributed by atoms with E-state index in [1.54, 1.807) is 25.2 Å². The topological polar surface area (TPSA) is 38.8 Å². The molecule has 0 N–H and O–H groups in total. The van der Waals surface area contributed by atoms with Crippen LogP contribution in [0.3, 0.4) is 0 Å². The third kappa shape index (κ3) is 4.26. The summed E-state index contributed by atoms with van der Waals surface area (Å²) >= 11 is 6.68. The van der Waals surface area contributed by atoms with Crippen LogP contribution in [0.4, 0.5) is 0 Å². The molecule has 0 aromatic heterocycles. The van der Waals surface area contributed by atoms with Crippen molar-refractivity contribution in [3.8, 4) is 11.5 Å². The van der Waals surface area contributed by atoms with Gasteiger partial charge in [0.05, 0.1) is 19.1 Å². The zero-order chi connectivity index (χ0) is 16.8. The van der Waals surface area contributed by atoms with Gasteiger partial charge in [0.2, 0.25) is 0 Å². The van der Waals surface area contributed by atoms with Gasteiger partial charge in [0, 0.05) is 18.2 Å². The Balaban J connectivity index is 2.20. The van der Waals surface area contributed by atoms with Crippen molar-refractivity contribution in [2.75, 3.05) is 20.8 Å². The fourth-order valence-corrected chi connectivity index (χ4v) is 3.59. The standard InChI is InChI=1S/C17H21NO3S2/c1-4-5-6-9-18-16(19)15(23-17(18)22)10-12-7-8-13(20-2)11-14(12)21-3/h7-8,10-11H,4-6,9H2,1-3H3/b15-10-. The van der Waals surface area contributed by atoms with Crippen molar-refractivity contribution in [3.63, 3.8) is 0 Å². The van der Waals surface area contributed by atoms with Crippen molar-refractivity contribution in [2.45, 2.75) is 26.2 Å². The Morgan fingerprint density at radius 1 is 1.26 bits per heavy atom. The lowest BCUT2D eigenvalue weighted by molar-refractivity contribution is -0.122. The number of hydrogen-bond donors (Lipinski definition) is 0. The van der Waals surface area contributed by atoms with Crippen LogP contribution in [0.25, 0.3) is 6.08 Å². The van der Waals surface area contributed by atoms with Gasteiger partial charge in [-0.3, -0.25) is 9.69 Å². The number of unbranched alkanes of at least 4 members (excludes halogenated alkanes) is 2. The first-order valence-electron chi connectivity index (χ1n) is 7.58. The summed E-state index contributed by atoms with van der Waals surface area (Å²) in [5, 5.41) is 0. The number of carbonyl (C=O) groups excluding carboxylic acids is 1. The van der Waals surface area contributed by atoms with Crippen molar-refractivity contribution in [3.05, 3.63) is 28.7 Å². The van der Waals surface area contributed by atoms with Gasteiger partial charge in [0.25, 0.3) is 5.91 Å². The maximum absolute atomic E-state index is 12.5. The largest absolute Gasteiger partial charge is 0.497 e. The van der Waals surface area contributed by atoms with Crippen molar-refractivity contribution >= 4 is 40.3 Å². The van der Waals surface area contributed by atoms with Crippen molar-refractivity contribution < 1.29 is 14.3 Å². The Labute approximate surface area is 146 Å². The average Bonchev–Trinajstić information content (AvgIpc) is 2.82. The normalized spacial score (nSPS) is 16.3. The Morgan fingerprint density at radius 2 is 2.04 bits per heavy atom. The Morgan fingerprint density at radius 3 is 2.70 bits per heavy atom. The van der Waals surface area contributed by atoms with Crippen molar-refractivity contribution in [1.82, 2.24) is 4.90 Å². The van der Waals surface area contributed by atoms with E-state index in [4.69, 9.17) is 21.7 Å². The molecule has 0 aliphatic carbocycles. The number of hydrogen-bond acceptors (Lipinski definition) is 5. The van der Waals surface area contributed by atoms with E-state index in [0.29, 0.717) is 27.3 Å². The molecule has 1 heterocycles. The van der Waals surface area contributed by atoms with Gasteiger partial charge in [-0.05, 0) is 24.6 Å². The quantitative estimate of drug-likeness (QED) is 0.420. The van der Waals surface area contributed by atoms with Crippen LogP contribution >= 0.6 is 24.0 Å². The third-order valence-corrected chi connectivity index (χ3v) is 4.96. The first kappa shape index (κ1) is 17.8. The molecule has 0 atom stereocenters.